The Kier molecular flexibility index (Phi) is 5.30. The van der Waals surface area contributed by atoms with E-state index in [0.29, 0.717) is 6.42 Å². The summed E-state index contributed by atoms with van der Waals surface area (Å²) in [5, 5.41) is 0.281. The van der Waals surface area contributed by atoms with Crippen LogP contribution in [-0.2, 0) is 9.59 Å². The smallest absolute Gasteiger partial charge is 0.186 e. The molecule has 0 aliphatic rings. The third-order valence-corrected chi connectivity index (χ3v) is 2.34. The minimum absolute atomic E-state index is 0.0914. The number of thioether (sulfide) groups is 1. The van der Waals surface area contributed by atoms with Gasteiger partial charge in [-0.1, -0.05) is 18.7 Å². The van der Waals surface area contributed by atoms with E-state index in [2.05, 4.69) is 0 Å². The van der Waals surface area contributed by atoms with Crippen molar-refractivity contribution in [3.05, 3.63) is 0 Å². The number of hydrogen-bond acceptors (Lipinski definition) is 3. The van der Waals surface area contributed by atoms with Crippen LogP contribution in [0.1, 0.15) is 26.7 Å². The highest BCUT2D eigenvalue weighted by atomic mass is 32.2. The summed E-state index contributed by atoms with van der Waals surface area (Å²) in [5.41, 5.74) is 0. The predicted octanol–water partition coefficient (Wildman–Crippen LogP) is 1.63. The molecule has 0 aliphatic carbocycles. The second kappa shape index (κ2) is 5.47. The number of rotatable bonds is 4. The molecule has 0 saturated heterocycles. The molecule has 2 nitrogen and oxygen atoms in total. The first-order chi connectivity index (χ1) is 4.70. The fraction of sp³-hybridized carbons (Fsp3) is 0.714. The van der Waals surface area contributed by atoms with Crippen molar-refractivity contribution in [3.63, 3.8) is 0 Å². The van der Waals surface area contributed by atoms with Crippen LogP contribution in [0.4, 0.5) is 0 Å². The number of aldehydes is 1. The van der Waals surface area contributed by atoms with E-state index in [-0.39, 0.29) is 10.4 Å². The molecule has 10 heavy (non-hydrogen) atoms. The Hall–Kier alpha value is -0.310. The third-order valence-electron chi connectivity index (χ3n) is 1.15. The van der Waals surface area contributed by atoms with Crippen LogP contribution in [0, 0.1) is 0 Å². The Balaban J connectivity index is 3.59. The van der Waals surface area contributed by atoms with E-state index < -0.39 is 0 Å². The first kappa shape index (κ1) is 9.69. The van der Waals surface area contributed by atoms with Crippen molar-refractivity contribution in [2.24, 2.45) is 0 Å². The van der Waals surface area contributed by atoms with E-state index in [1.165, 1.54) is 18.7 Å². The zero-order valence-corrected chi connectivity index (χ0v) is 7.11. The molecule has 0 heterocycles. The molecular formula is C7H12O2S. The summed E-state index contributed by atoms with van der Waals surface area (Å²) in [6.07, 6.45) is 2.23. The van der Waals surface area contributed by atoms with E-state index in [1.54, 1.807) is 0 Å². The second-order valence-corrected chi connectivity index (χ2v) is 3.52. The monoisotopic (exact) mass is 160 g/mol. The molecule has 1 atom stereocenters. The Bertz CT molecular complexity index is 123. The minimum atomic E-state index is 0.0914. The van der Waals surface area contributed by atoms with Crippen molar-refractivity contribution in [3.8, 4) is 0 Å². The Morgan fingerprint density at radius 2 is 2.30 bits per heavy atom. The van der Waals surface area contributed by atoms with Crippen molar-refractivity contribution in [2.75, 3.05) is 0 Å². The van der Waals surface area contributed by atoms with Crippen LogP contribution in [0.25, 0.3) is 0 Å². The molecule has 1 unspecified atom stereocenters. The molecule has 3 heteroatoms. The Labute approximate surface area is 65.4 Å². The Morgan fingerprint density at radius 1 is 1.70 bits per heavy atom. The van der Waals surface area contributed by atoms with E-state index in [0.717, 1.165) is 12.7 Å². The summed E-state index contributed by atoms with van der Waals surface area (Å²) in [5.74, 6) is 0. The Morgan fingerprint density at radius 3 is 2.60 bits per heavy atom. The van der Waals surface area contributed by atoms with Crippen molar-refractivity contribution in [1.29, 1.82) is 0 Å². The highest BCUT2D eigenvalue weighted by Gasteiger charge is 2.07. The van der Waals surface area contributed by atoms with Crippen LogP contribution in [0.5, 0.6) is 0 Å². The van der Waals surface area contributed by atoms with Gasteiger partial charge in [0.2, 0.25) is 0 Å². The number of carbonyl (C=O) groups is 2. The maximum atomic E-state index is 10.5. The maximum Gasteiger partial charge on any atom is 0.186 e. The van der Waals surface area contributed by atoms with Gasteiger partial charge in [0.1, 0.15) is 6.29 Å². The molecule has 0 saturated carbocycles. The van der Waals surface area contributed by atoms with E-state index in [9.17, 15) is 9.59 Å². The van der Waals surface area contributed by atoms with Gasteiger partial charge in [-0.3, -0.25) is 4.79 Å². The van der Waals surface area contributed by atoms with Gasteiger partial charge in [0.15, 0.2) is 5.12 Å². The van der Waals surface area contributed by atoms with Crippen molar-refractivity contribution >= 4 is 23.2 Å². The lowest BCUT2D eigenvalue weighted by Gasteiger charge is -2.06. The first-order valence-corrected chi connectivity index (χ1v) is 4.19. The van der Waals surface area contributed by atoms with Crippen LogP contribution in [-0.4, -0.2) is 16.7 Å². The van der Waals surface area contributed by atoms with Gasteiger partial charge in [-0.05, 0) is 6.42 Å². The highest BCUT2D eigenvalue weighted by molar-refractivity contribution is 8.14. The van der Waals surface area contributed by atoms with Gasteiger partial charge in [-0.15, -0.1) is 0 Å². The van der Waals surface area contributed by atoms with Gasteiger partial charge < -0.3 is 4.79 Å². The first-order valence-electron chi connectivity index (χ1n) is 3.31. The summed E-state index contributed by atoms with van der Waals surface area (Å²) >= 11 is 1.25. The summed E-state index contributed by atoms with van der Waals surface area (Å²) in [7, 11) is 0. The number of hydrogen-bond donors (Lipinski definition) is 0. The normalized spacial score (nSPS) is 12.6. The summed E-state index contributed by atoms with van der Waals surface area (Å²) in [6.45, 7) is 3.50. The largest absolute Gasteiger partial charge is 0.303 e. The van der Waals surface area contributed by atoms with Gasteiger partial charge in [0.25, 0.3) is 0 Å². The zero-order chi connectivity index (χ0) is 7.98. The zero-order valence-electron chi connectivity index (χ0n) is 6.29. The topological polar surface area (TPSA) is 34.1 Å². The van der Waals surface area contributed by atoms with Crippen LogP contribution >= 0.6 is 11.8 Å². The third kappa shape index (κ3) is 4.56. The molecule has 0 bridgehead atoms. The molecular weight excluding hydrogens is 148 g/mol. The molecule has 0 aromatic heterocycles. The fourth-order valence-electron chi connectivity index (χ4n) is 0.640. The maximum absolute atomic E-state index is 10.5. The fourth-order valence-corrected chi connectivity index (χ4v) is 1.45. The van der Waals surface area contributed by atoms with Crippen LogP contribution in [0.2, 0.25) is 0 Å². The molecule has 0 amide bonds. The van der Waals surface area contributed by atoms with E-state index in [4.69, 9.17) is 0 Å². The lowest BCUT2D eigenvalue weighted by Crippen LogP contribution is -2.03. The van der Waals surface area contributed by atoms with Crippen molar-refractivity contribution in [1.82, 2.24) is 0 Å². The molecule has 0 N–H and O–H groups in total. The van der Waals surface area contributed by atoms with E-state index in [1.807, 2.05) is 6.92 Å². The van der Waals surface area contributed by atoms with Gasteiger partial charge in [0.05, 0.1) is 0 Å². The lowest BCUT2D eigenvalue weighted by atomic mass is 10.3. The molecule has 0 aromatic carbocycles. The standard InChI is InChI=1S/C7H12O2S/c1-3-7(4-5-8)10-6(2)9/h5,7H,3-4H2,1-2H3. The summed E-state index contributed by atoms with van der Waals surface area (Å²) in [6, 6.07) is 0. The van der Waals surface area contributed by atoms with Gasteiger partial charge in [-0.2, -0.15) is 0 Å². The van der Waals surface area contributed by atoms with Crippen LogP contribution in [0.3, 0.4) is 0 Å². The summed E-state index contributed by atoms with van der Waals surface area (Å²) in [4.78, 5) is 20.6. The molecule has 0 aromatic rings. The average molecular weight is 160 g/mol. The highest BCUT2D eigenvalue weighted by Crippen LogP contribution is 2.17. The average Bonchev–Trinajstić information content (AvgIpc) is 1.86. The molecule has 0 fully saturated rings. The predicted molar refractivity (Wildman–Crippen MR) is 43.0 cm³/mol. The summed E-state index contributed by atoms with van der Waals surface area (Å²) < 4.78 is 0. The SMILES string of the molecule is CCC(CC=O)SC(C)=O. The molecule has 0 spiro atoms. The quantitative estimate of drug-likeness (QED) is 0.586. The van der Waals surface area contributed by atoms with Gasteiger partial charge in [0, 0.05) is 18.6 Å². The van der Waals surface area contributed by atoms with Gasteiger partial charge >= 0.3 is 0 Å². The van der Waals surface area contributed by atoms with Crippen molar-refractivity contribution < 1.29 is 9.59 Å². The second-order valence-electron chi connectivity index (χ2n) is 2.04. The minimum Gasteiger partial charge on any atom is -0.303 e. The number of carbonyl (C=O) groups excluding carboxylic acids is 2. The van der Waals surface area contributed by atoms with Gasteiger partial charge in [-0.25, -0.2) is 0 Å². The molecule has 0 rings (SSSR count). The van der Waals surface area contributed by atoms with E-state index >= 15 is 0 Å². The molecule has 0 aliphatic heterocycles. The van der Waals surface area contributed by atoms with Crippen molar-refractivity contribution in [2.45, 2.75) is 31.9 Å². The van der Waals surface area contributed by atoms with Crippen LogP contribution < -0.4 is 0 Å². The lowest BCUT2D eigenvalue weighted by molar-refractivity contribution is -0.109. The van der Waals surface area contributed by atoms with Crippen LogP contribution in [0.15, 0.2) is 0 Å². The molecule has 0 radical (unpaired) electrons. The molecule has 58 valence electrons.